The summed E-state index contributed by atoms with van der Waals surface area (Å²) in [6.45, 7) is 0.859. The van der Waals surface area contributed by atoms with Crippen molar-refractivity contribution in [2.24, 2.45) is 16.6 Å². The predicted octanol–water partition coefficient (Wildman–Crippen LogP) is 4.47. The zero-order valence-electron chi connectivity index (χ0n) is 14.7. The van der Waals surface area contributed by atoms with Gasteiger partial charge in [-0.05, 0) is 30.5 Å². The van der Waals surface area contributed by atoms with Crippen LogP contribution in [0.3, 0.4) is 0 Å². The summed E-state index contributed by atoms with van der Waals surface area (Å²) >= 11 is 0. The molecule has 3 aromatic rings. The summed E-state index contributed by atoms with van der Waals surface area (Å²) in [6, 6.07) is 14.2. The van der Waals surface area contributed by atoms with E-state index in [1.165, 1.54) is 19.3 Å². The minimum Gasteiger partial charge on any atom is -0.404 e. The lowest BCUT2D eigenvalue weighted by Crippen LogP contribution is -1.97. The third-order valence-electron chi connectivity index (χ3n) is 4.77. The number of pyridine rings is 2. The number of nitrogens with two attached hydrogens (primary N) is 1. The normalized spacial score (nSPS) is 15.0. The summed E-state index contributed by atoms with van der Waals surface area (Å²) in [5, 5.41) is 1.12. The van der Waals surface area contributed by atoms with Crippen LogP contribution in [0.2, 0.25) is 0 Å². The molecule has 2 heterocycles. The van der Waals surface area contributed by atoms with Crippen molar-refractivity contribution < 1.29 is 0 Å². The zero-order chi connectivity index (χ0) is 17.8. The van der Waals surface area contributed by atoms with Gasteiger partial charge in [-0.3, -0.25) is 15.0 Å². The van der Waals surface area contributed by atoms with E-state index in [2.05, 4.69) is 39.2 Å². The molecule has 1 aliphatic rings. The van der Waals surface area contributed by atoms with E-state index < -0.39 is 0 Å². The molecule has 1 aliphatic carbocycles. The fraction of sp³-hybridized carbons (Fsp3) is 0.227. The van der Waals surface area contributed by atoms with Gasteiger partial charge in [0.1, 0.15) is 0 Å². The van der Waals surface area contributed by atoms with Gasteiger partial charge in [0.2, 0.25) is 0 Å². The Balaban J connectivity index is 1.66. The number of fused-ring (bicyclic) bond motifs is 1. The molecule has 0 saturated heterocycles. The Bertz CT molecular complexity index is 971. The van der Waals surface area contributed by atoms with Gasteiger partial charge in [0, 0.05) is 53.4 Å². The quantitative estimate of drug-likeness (QED) is 0.672. The number of allylic oxidation sites excluding steroid dienone is 1. The van der Waals surface area contributed by atoms with Gasteiger partial charge < -0.3 is 5.73 Å². The van der Waals surface area contributed by atoms with Crippen LogP contribution in [-0.2, 0) is 0 Å². The summed E-state index contributed by atoms with van der Waals surface area (Å²) < 4.78 is 0. The van der Waals surface area contributed by atoms with Crippen LogP contribution < -0.4 is 5.73 Å². The van der Waals surface area contributed by atoms with Crippen LogP contribution in [0, 0.1) is 5.92 Å². The van der Waals surface area contributed by atoms with Gasteiger partial charge in [-0.25, -0.2) is 0 Å². The van der Waals surface area contributed by atoms with E-state index >= 15 is 0 Å². The molecule has 26 heavy (non-hydrogen) atoms. The maximum absolute atomic E-state index is 5.90. The molecule has 4 rings (SSSR count). The van der Waals surface area contributed by atoms with Gasteiger partial charge in [0.25, 0.3) is 0 Å². The first-order valence-electron chi connectivity index (χ1n) is 9.07. The average Bonchev–Trinajstić information content (AvgIpc) is 3.52. The minimum atomic E-state index is 0.859. The highest BCUT2D eigenvalue weighted by atomic mass is 14.7. The molecule has 0 atom stereocenters. The Labute approximate surface area is 153 Å². The van der Waals surface area contributed by atoms with Crippen LogP contribution in [0.4, 0.5) is 0 Å². The van der Waals surface area contributed by atoms with Gasteiger partial charge in [-0.15, -0.1) is 0 Å². The lowest BCUT2D eigenvalue weighted by atomic mass is 9.99. The minimum absolute atomic E-state index is 0.859. The lowest BCUT2D eigenvalue weighted by molar-refractivity contribution is 0.742. The van der Waals surface area contributed by atoms with E-state index in [1.54, 1.807) is 12.4 Å². The molecule has 0 spiro atoms. The standard InChI is InChI=1S/C22H22N4/c23-14-19(15-24-12-9-16-5-6-16)20-4-2-11-26-22(20)18-8-7-17-3-1-10-25-21(17)13-18/h1-4,7-8,10-11,13-16H,5-6,9,12,23H2/b19-14+,24-15?. The first-order valence-corrected chi connectivity index (χ1v) is 9.07. The molecule has 4 nitrogen and oxygen atoms in total. The smallest absolute Gasteiger partial charge is 0.0782 e. The first-order chi connectivity index (χ1) is 12.8. The van der Waals surface area contributed by atoms with E-state index in [-0.39, 0.29) is 0 Å². The van der Waals surface area contributed by atoms with E-state index in [4.69, 9.17) is 5.73 Å². The Hall–Kier alpha value is -3.01. The number of rotatable bonds is 6. The number of hydrogen-bond acceptors (Lipinski definition) is 4. The van der Waals surface area contributed by atoms with Crippen molar-refractivity contribution in [3.05, 3.63) is 66.6 Å². The van der Waals surface area contributed by atoms with Crippen LogP contribution in [0.15, 0.2) is 66.1 Å². The predicted molar refractivity (Wildman–Crippen MR) is 108 cm³/mol. The molecule has 1 saturated carbocycles. The Morgan fingerprint density at radius 2 is 1.96 bits per heavy atom. The monoisotopic (exact) mass is 342 g/mol. The molecule has 2 N–H and O–H groups in total. The van der Waals surface area contributed by atoms with Gasteiger partial charge >= 0.3 is 0 Å². The van der Waals surface area contributed by atoms with Crippen LogP contribution in [0.25, 0.3) is 27.7 Å². The molecule has 0 aliphatic heterocycles. The molecule has 0 bridgehead atoms. The van der Waals surface area contributed by atoms with Crippen molar-refractivity contribution in [3.8, 4) is 11.3 Å². The number of hydrogen-bond donors (Lipinski definition) is 1. The molecular formula is C22H22N4. The fourth-order valence-corrected chi connectivity index (χ4v) is 3.11. The van der Waals surface area contributed by atoms with Crippen molar-refractivity contribution in [1.29, 1.82) is 0 Å². The number of nitrogens with zero attached hydrogens (tertiary/aromatic N) is 3. The van der Waals surface area contributed by atoms with E-state index in [0.29, 0.717) is 0 Å². The molecule has 1 fully saturated rings. The van der Waals surface area contributed by atoms with Crippen molar-refractivity contribution in [2.75, 3.05) is 6.54 Å². The second-order valence-corrected chi connectivity index (χ2v) is 6.70. The van der Waals surface area contributed by atoms with Crippen molar-refractivity contribution in [3.63, 3.8) is 0 Å². The summed E-state index contributed by atoms with van der Waals surface area (Å²) in [5.41, 5.74) is 10.7. The third-order valence-corrected chi connectivity index (χ3v) is 4.77. The van der Waals surface area contributed by atoms with Gasteiger partial charge in [-0.1, -0.05) is 37.1 Å². The summed E-state index contributed by atoms with van der Waals surface area (Å²) in [5.74, 6) is 0.886. The highest BCUT2D eigenvalue weighted by molar-refractivity contribution is 6.11. The lowest BCUT2D eigenvalue weighted by Gasteiger charge is -2.10. The molecule has 0 unspecified atom stereocenters. The molecular weight excluding hydrogens is 320 g/mol. The third kappa shape index (κ3) is 3.64. The number of aromatic nitrogens is 2. The summed E-state index contributed by atoms with van der Waals surface area (Å²) in [6.07, 6.45) is 11.0. The largest absolute Gasteiger partial charge is 0.404 e. The summed E-state index contributed by atoms with van der Waals surface area (Å²) in [4.78, 5) is 13.6. The maximum Gasteiger partial charge on any atom is 0.0782 e. The summed E-state index contributed by atoms with van der Waals surface area (Å²) in [7, 11) is 0. The molecule has 4 heteroatoms. The Morgan fingerprint density at radius 1 is 1.12 bits per heavy atom. The topological polar surface area (TPSA) is 64.2 Å². The number of benzene rings is 1. The zero-order valence-corrected chi connectivity index (χ0v) is 14.7. The van der Waals surface area contributed by atoms with Crippen LogP contribution in [0.1, 0.15) is 24.8 Å². The molecule has 1 aromatic carbocycles. The molecule has 0 amide bonds. The highest BCUT2D eigenvalue weighted by Gasteiger charge is 2.19. The second-order valence-electron chi connectivity index (χ2n) is 6.70. The average molecular weight is 342 g/mol. The van der Waals surface area contributed by atoms with Crippen LogP contribution in [-0.4, -0.2) is 22.7 Å². The SMILES string of the molecule is N/C=C(\C=NCCC1CC1)c1cccnc1-c1ccc2cccnc2c1. The Kier molecular flexibility index (Phi) is 4.73. The molecule has 130 valence electrons. The van der Waals surface area contributed by atoms with E-state index in [9.17, 15) is 0 Å². The first kappa shape index (κ1) is 16.5. The van der Waals surface area contributed by atoms with Gasteiger partial charge in [0.05, 0.1) is 11.2 Å². The molecule has 0 radical (unpaired) electrons. The maximum atomic E-state index is 5.90. The van der Waals surface area contributed by atoms with E-state index in [0.717, 1.165) is 45.8 Å². The second kappa shape index (κ2) is 7.48. The van der Waals surface area contributed by atoms with Gasteiger partial charge in [-0.2, -0.15) is 0 Å². The van der Waals surface area contributed by atoms with Gasteiger partial charge in [0.15, 0.2) is 0 Å². The van der Waals surface area contributed by atoms with Crippen molar-refractivity contribution >= 4 is 22.7 Å². The van der Waals surface area contributed by atoms with E-state index in [1.807, 2.05) is 30.6 Å². The van der Waals surface area contributed by atoms with Crippen LogP contribution in [0.5, 0.6) is 0 Å². The van der Waals surface area contributed by atoms with Crippen molar-refractivity contribution in [2.45, 2.75) is 19.3 Å². The highest BCUT2D eigenvalue weighted by Crippen LogP contribution is 2.32. The molecule has 2 aromatic heterocycles. The fourth-order valence-electron chi connectivity index (χ4n) is 3.11. The Morgan fingerprint density at radius 3 is 2.81 bits per heavy atom. The van der Waals surface area contributed by atoms with Crippen molar-refractivity contribution in [1.82, 2.24) is 9.97 Å². The number of aliphatic imine (C=N–C) groups is 1. The van der Waals surface area contributed by atoms with Crippen LogP contribution >= 0.6 is 0 Å².